The third kappa shape index (κ3) is 3.19. The van der Waals surface area contributed by atoms with E-state index in [0.29, 0.717) is 0 Å². The Hall–Kier alpha value is -1.65. The van der Waals surface area contributed by atoms with Crippen LogP contribution < -0.4 is 4.74 Å². The quantitative estimate of drug-likeness (QED) is 0.724. The highest BCUT2D eigenvalue weighted by Gasteiger charge is 2.15. The van der Waals surface area contributed by atoms with Gasteiger partial charge in [0.1, 0.15) is 17.4 Å². The van der Waals surface area contributed by atoms with Crippen molar-refractivity contribution < 1.29 is 23.0 Å². The number of benzene rings is 1. The Labute approximate surface area is 85.6 Å². The first-order chi connectivity index (χ1) is 7.02. The first-order valence-electron chi connectivity index (χ1n) is 4.23. The van der Waals surface area contributed by atoms with Crippen molar-refractivity contribution in [2.75, 3.05) is 7.11 Å². The van der Waals surface area contributed by atoms with E-state index < -0.39 is 23.7 Å². The average molecular weight is 216 g/mol. The van der Waals surface area contributed by atoms with Gasteiger partial charge in [0.05, 0.1) is 7.11 Å². The predicted molar refractivity (Wildman–Crippen MR) is 48.5 cm³/mol. The molecule has 0 radical (unpaired) electrons. The lowest BCUT2D eigenvalue weighted by Crippen LogP contribution is -2.24. The molecule has 0 amide bonds. The lowest BCUT2D eigenvalue weighted by atomic mass is 10.3. The van der Waals surface area contributed by atoms with E-state index in [1.807, 2.05) is 0 Å². The van der Waals surface area contributed by atoms with E-state index in [9.17, 15) is 13.6 Å². The molecule has 0 aliphatic heterocycles. The van der Waals surface area contributed by atoms with Crippen LogP contribution in [-0.2, 0) is 9.53 Å². The standard InChI is InChI=1S/C10H10F2O3/c1-6(10(13)14-2)15-9-4-7(11)3-8(12)5-9/h3-6H,1-2H3. The van der Waals surface area contributed by atoms with Gasteiger partial charge in [0.15, 0.2) is 6.10 Å². The second-order valence-corrected chi connectivity index (χ2v) is 2.89. The first-order valence-corrected chi connectivity index (χ1v) is 4.23. The minimum atomic E-state index is -0.906. The van der Waals surface area contributed by atoms with Crippen LogP contribution >= 0.6 is 0 Å². The van der Waals surface area contributed by atoms with Gasteiger partial charge in [-0.1, -0.05) is 0 Å². The molecule has 0 aliphatic rings. The summed E-state index contributed by atoms with van der Waals surface area (Å²) in [7, 11) is 1.20. The summed E-state index contributed by atoms with van der Waals surface area (Å²) >= 11 is 0. The van der Waals surface area contributed by atoms with Crippen molar-refractivity contribution in [2.24, 2.45) is 0 Å². The normalized spacial score (nSPS) is 12.0. The second-order valence-electron chi connectivity index (χ2n) is 2.89. The molecule has 15 heavy (non-hydrogen) atoms. The summed E-state index contributed by atoms with van der Waals surface area (Å²) in [4.78, 5) is 11.0. The fourth-order valence-corrected chi connectivity index (χ4v) is 1.01. The van der Waals surface area contributed by atoms with Gasteiger partial charge in [0.25, 0.3) is 0 Å². The molecule has 0 saturated heterocycles. The Balaban J connectivity index is 2.76. The zero-order chi connectivity index (χ0) is 11.4. The molecule has 1 rings (SSSR count). The zero-order valence-corrected chi connectivity index (χ0v) is 8.29. The minimum Gasteiger partial charge on any atom is -0.479 e. The Kier molecular flexibility index (Phi) is 3.60. The third-order valence-corrected chi connectivity index (χ3v) is 1.68. The molecular formula is C10H10F2O3. The highest BCUT2D eigenvalue weighted by atomic mass is 19.1. The number of halogens is 2. The Morgan fingerprint density at radius 3 is 2.27 bits per heavy atom. The SMILES string of the molecule is COC(=O)C(C)Oc1cc(F)cc(F)c1. The van der Waals surface area contributed by atoms with E-state index in [-0.39, 0.29) is 5.75 Å². The molecule has 1 atom stereocenters. The van der Waals surface area contributed by atoms with E-state index in [1.54, 1.807) is 0 Å². The van der Waals surface area contributed by atoms with Crippen LogP contribution in [0.1, 0.15) is 6.92 Å². The summed E-state index contributed by atoms with van der Waals surface area (Å²) in [5.74, 6) is -2.19. The first kappa shape index (κ1) is 11.4. The number of carbonyl (C=O) groups is 1. The maximum atomic E-state index is 12.7. The molecule has 0 N–H and O–H groups in total. The molecule has 82 valence electrons. The molecule has 0 aromatic heterocycles. The Morgan fingerprint density at radius 1 is 1.27 bits per heavy atom. The van der Waals surface area contributed by atoms with Crippen LogP contribution in [0.3, 0.4) is 0 Å². The van der Waals surface area contributed by atoms with E-state index in [4.69, 9.17) is 4.74 Å². The molecule has 0 fully saturated rings. The second kappa shape index (κ2) is 4.72. The topological polar surface area (TPSA) is 35.5 Å². The van der Waals surface area contributed by atoms with Crippen LogP contribution in [0.4, 0.5) is 8.78 Å². The minimum absolute atomic E-state index is 0.0506. The predicted octanol–water partition coefficient (Wildman–Crippen LogP) is 1.91. The Morgan fingerprint density at radius 2 is 1.80 bits per heavy atom. The van der Waals surface area contributed by atoms with Gasteiger partial charge in [0.2, 0.25) is 0 Å². The van der Waals surface area contributed by atoms with Crippen LogP contribution in [0.2, 0.25) is 0 Å². The fraction of sp³-hybridized carbons (Fsp3) is 0.300. The van der Waals surface area contributed by atoms with Crippen molar-refractivity contribution in [3.05, 3.63) is 29.8 Å². The van der Waals surface area contributed by atoms with Gasteiger partial charge < -0.3 is 9.47 Å². The van der Waals surface area contributed by atoms with Crippen LogP contribution in [0.25, 0.3) is 0 Å². The number of ether oxygens (including phenoxy) is 2. The summed E-state index contributed by atoms with van der Waals surface area (Å²) in [6, 6.07) is 2.70. The highest BCUT2D eigenvalue weighted by molar-refractivity contribution is 5.74. The van der Waals surface area contributed by atoms with Crippen LogP contribution in [0.15, 0.2) is 18.2 Å². The van der Waals surface area contributed by atoms with Gasteiger partial charge in [-0.15, -0.1) is 0 Å². The number of rotatable bonds is 3. The third-order valence-electron chi connectivity index (χ3n) is 1.68. The number of hydrogen-bond acceptors (Lipinski definition) is 3. The molecular weight excluding hydrogens is 206 g/mol. The molecule has 0 bridgehead atoms. The van der Waals surface area contributed by atoms with Crippen LogP contribution in [0.5, 0.6) is 5.75 Å². The van der Waals surface area contributed by atoms with Gasteiger partial charge in [0, 0.05) is 18.2 Å². The Bertz CT molecular complexity index is 345. The smallest absolute Gasteiger partial charge is 0.346 e. The molecule has 0 heterocycles. The summed E-state index contributed by atoms with van der Waals surface area (Å²) in [6.45, 7) is 1.43. The molecule has 1 aromatic carbocycles. The van der Waals surface area contributed by atoms with E-state index in [0.717, 1.165) is 18.2 Å². The average Bonchev–Trinajstić information content (AvgIpc) is 2.14. The highest BCUT2D eigenvalue weighted by Crippen LogP contribution is 2.16. The largest absolute Gasteiger partial charge is 0.479 e. The maximum Gasteiger partial charge on any atom is 0.346 e. The summed E-state index contributed by atoms with van der Waals surface area (Å²) in [5.41, 5.74) is 0. The summed E-state index contributed by atoms with van der Waals surface area (Å²) in [6.07, 6.45) is -0.906. The zero-order valence-electron chi connectivity index (χ0n) is 8.29. The van der Waals surface area contributed by atoms with Crippen LogP contribution in [0, 0.1) is 11.6 Å². The van der Waals surface area contributed by atoms with Gasteiger partial charge in [-0.2, -0.15) is 0 Å². The summed E-state index contributed by atoms with van der Waals surface area (Å²) < 4.78 is 34.8. The van der Waals surface area contributed by atoms with Gasteiger partial charge in [-0.25, -0.2) is 13.6 Å². The van der Waals surface area contributed by atoms with Crippen molar-refractivity contribution in [3.8, 4) is 5.75 Å². The van der Waals surface area contributed by atoms with E-state index >= 15 is 0 Å². The van der Waals surface area contributed by atoms with E-state index in [1.165, 1.54) is 14.0 Å². The van der Waals surface area contributed by atoms with Crippen molar-refractivity contribution in [3.63, 3.8) is 0 Å². The summed E-state index contributed by atoms with van der Waals surface area (Å²) in [5, 5.41) is 0. The lowest BCUT2D eigenvalue weighted by Gasteiger charge is -2.12. The molecule has 0 saturated carbocycles. The van der Waals surface area contributed by atoms with Gasteiger partial charge in [-0.3, -0.25) is 0 Å². The lowest BCUT2D eigenvalue weighted by molar-refractivity contribution is -0.147. The van der Waals surface area contributed by atoms with Gasteiger partial charge in [-0.05, 0) is 6.92 Å². The number of carbonyl (C=O) groups excluding carboxylic acids is 1. The van der Waals surface area contributed by atoms with Crippen LogP contribution in [-0.4, -0.2) is 19.2 Å². The van der Waals surface area contributed by atoms with Crippen molar-refractivity contribution >= 4 is 5.97 Å². The monoisotopic (exact) mass is 216 g/mol. The maximum absolute atomic E-state index is 12.7. The van der Waals surface area contributed by atoms with Crippen molar-refractivity contribution in [1.82, 2.24) is 0 Å². The fourth-order valence-electron chi connectivity index (χ4n) is 1.01. The number of methoxy groups -OCH3 is 1. The molecule has 1 unspecified atom stereocenters. The molecule has 0 spiro atoms. The molecule has 3 nitrogen and oxygen atoms in total. The van der Waals surface area contributed by atoms with Gasteiger partial charge >= 0.3 is 5.97 Å². The van der Waals surface area contributed by atoms with E-state index in [2.05, 4.69) is 4.74 Å². The molecule has 0 aliphatic carbocycles. The molecule has 1 aromatic rings. The number of esters is 1. The van der Waals surface area contributed by atoms with Crippen molar-refractivity contribution in [1.29, 1.82) is 0 Å². The van der Waals surface area contributed by atoms with Crippen molar-refractivity contribution in [2.45, 2.75) is 13.0 Å². The number of hydrogen-bond donors (Lipinski definition) is 0. The molecule has 5 heteroatoms.